The molecule has 5 heteroatoms. The smallest absolute Gasteiger partial charge is 0.230 e. The van der Waals surface area contributed by atoms with E-state index in [1.54, 1.807) is 6.20 Å². The molecule has 1 aliphatic carbocycles. The van der Waals surface area contributed by atoms with Gasteiger partial charge in [0, 0.05) is 25.8 Å². The summed E-state index contributed by atoms with van der Waals surface area (Å²) in [5, 5.41) is 13.7. The molecule has 142 valence electrons. The highest BCUT2D eigenvalue weighted by Gasteiger charge is 2.52. The number of likely N-dealkylation sites (tertiary alicyclic amines) is 1. The van der Waals surface area contributed by atoms with Gasteiger partial charge in [0.15, 0.2) is 0 Å². The molecular weight excluding hydrogens is 338 g/mol. The van der Waals surface area contributed by atoms with E-state index >= 15 is 0 Å². The summed E-state index contributed by atoms with van der Waals surface area (Å²) in [7, 11) is 0. The number of aromatic nitrogens is 1. The summed E-state index contributed by atoms with van der Waals surface area (Å²) < 4.78 is 0. The molecule has 2 aromatic rings. The molecule has 1 aromatic carbocycles. The van der Waals surface area contributed by atoms with E-state index in [1.165, 1.54) is 5.56 Å². The molecule has 0 radical (unpaired) electrons. The maximum atomic E-state index is 13.0. The van der Waals surface area contributed by atoms with E-state index in [-0.39, 0.29) is 11.9 Å². The fourth-order valence-corrected chi connectivity index (χ4v) is 3.98. The van der Waals surface area contributed by atoms with Crippen LogP contribution in [0.2, 0.25) is 0 Å². The number of β-amino-alcohol motifs (C(OH)–C–C–N with tert-alkyl or cyclic N) is 1. The standard InChI is InChI=1S/C22H27N3O2/c1-16-5-7-17(8-6-16)22(10-11-22)21(27)24-19-9-13-25(15-20(19)26)14-18-4-2-3-12-23-18/h2-8,12,19-20,26H,9-11,13-15H2,1H3,(H,24,27)/t19-,20-/m1/s1. The van der Waals surface area contributed by atoms with Crippen molar-refractivity contribution in [3.63, 3.8) is 0 Å². The quantitative estimate of drug-likeness (QED) is 0.852. The third-order valence-electron chi connectivity index (χ3n) is 5.88. The Hall–Kier alpha value is -2.24. The van der Waals surface area contributed by atoms with Crippen molar-refractivity contribution in [3.05, 3.63) is 65.5 Å². The minimum absolute atomic E-state index is 0.0635. The number of piperidine rings is 1. The normalized spacial score (nSPS) is 24.4. The SMILES string of the molecule is Cc1ccc(C2(C(=O)N[C@@H]3CCN(Cc4ccccn4)C[C@H]3O)CC2)cc1. The third kappa shape index (κ3) is 3.89. The Labute approximate surface area is 160 Å². The van der Waals surface area contributed by atoms with E-state index in [1.807, 2.05) is 18.2 Å². The molecule has 1 aliphatic heterocycles. The van der Waals surface area contributed by atoms with Gasteiger partial charge in [-0.15, -0.1) is 0 Å². The van der Waals surface area contributed by atoms with Crippen LogP contribution in [0.15, 0.2) is 48.7 Å². The molecule has 0 bridgehead atoms. The molecule has 5 nitrogen and oxygen atoms in total. The summed E-state index contributed by atoms with van der Waals surface area (Å²) in [6, 6.07) is 14.0. The molecule has 27 heavy (non-hydrogen) atoms. The molecule has 1 saturated carbocycles. The predicted molar refractivity (Wildman–Crippen MR) is 104 cm³/mol. The van der Waals surface area contributed by atoms with Gasteiger partial charge in [0.05, 0.1) is 23.3 Å². The molecule has 0 unspecified atom stereocenters. The maximum absolute atomic E-state index is 13.0. The van der Waals surface area contributed by atoms with Crippen molar-refractivity contribution in [2.75, 3.05) is 13.1 Å². The molecule has 2 aliphatic rings. The van der Waals surface area contributed by atoms with E-state index in [2.05, 4.69) is 46.4 Å². The van der Waals surface area contributed by atoms with Crippen molar-refractivity contribution < 1.29 is 9.90 Å². The maximum Gasteiger partial charge on any atom is 0.230 e. The predicted octanol–water partition coefficient (Wildman–Crippen LogP) is 2.17. The lowest BCUT2D eigenvalue weighted by atomic mass is 9.92. The number of carbonyl (C=O) groups excluding carboxylic acids is 1. The number of benzene rings is 1. The Morgan fingerprint density at radius 2 is 2.04 bits per heavy atom. The first-order valence-corrected chi connectivity index (χ1v) is 9.75. The van der Waals surface area contributed by atoms with Gasteiger partial charge in [0.1, 0.15) is 0 Å². The van der Waals surface area contributed by atoms with Crippen molar-refractivity contribution in [3.8, 4) is 0 Å². The third-order valence-corrected chi connectivity index (χ3v) is 5.88. The number of nitrogens with one attached hydrogen (secondary N) is 1. The fraction of sp³-hybridized carbons (Fsp3) is 0.455. The van der Waals surface area contributed by atoms with E-state index in [0.717, 1.165) is 43.6 Å². The van der Waals surface area contributed by atoms with E-state index in [4.69, 9.17) is 0 Å². The number of aliphatic hydroxyl groups excluding tert-OH is 1. The second-order valence-corrected chi connectivity index (χ2v) is 7.94. The average molecular weight is 365 g/mol. The van der Waals surface area contributed by atoms with E-state index in [9.17, 15) is 9.90 Å². The lowest BCUT2D eigenvalue weighted by molar-refractivity contribution is -0.125. The van der Waals surface area contributed by atoms with Gasteiger partial charge < -0.3 is 10.4 Å². The summed E-state index contributed by atoms with van der Waals surface area (Å²) in [4.78, 5) is 19.5. The fourth-order valence-electron chi connectivity index (χ4n) is 3.98. The molecule has 2 atom stereocenters. The van der Waals surface area contributed by atoms with Crippen molar-refractivity contribution in [2.24, 2.45) is 0 Å². The minimum atomic E-state index is -0.555. The Morgan fingerprint density at radius 1 is 1.26 bits per heavy atom. The van der Waals surface area contributed by atoms with Crippen LogP contribution >= 0.6 is 0 Å². The first kappa shape index (κ1) is 18.1. The number of rotatable bonds is 5. The number of nitrogens with zero attached hydrogens (tertiary/aromatic N) is 2. The zero-order chi connectivity index (χ0) is 18.9. The molecule has 2 heterocycles. The zero-order valence-electron chi connectivity index (χ0n) is 15.8. The number of aryl methyl sites for hydroxylation is 1. The van der Waals surface area contributed by atoms with Gasteiger partial charge in [-0.25, -0.2) is 0 Å². The van der Waals surface area contributed by atoms with Crippen molar-refractivity contribution >= 4 is 5.91 Å². The highest BCUT2D eigenvalue weighted by molar-refractivity contribution is 5.91. The van der Waals surface area contributed by atoms with Gasteiger partial charge in [0.2, 0.25) is 5.91 Å². The Kier molecular flexibility index (Phi) is 4.98. The van der Waals surface area contributed by atoms with Gasteiger partial charge in [0.25, 0.3) is 0 Å². The van der Waals surface area contributed by atoms with Gasteiger partial charge in [-0.2, -0.15) is 0 Å². The Bertz CT molecular complexity index is 787. The first-order chi connectivity index (χ1) is 13.1. The topological polar surface area (TPSA) is 65.5 Å². The van der Waals surface area contributed by atoms with Crippen LogP contribution in [0.1, 0.15) is 36.1 Å². The highest BCUT2D eigenvalue weighted by atomic mass is 16.3. The Morgan fingerprint density at radius 3 is 2.67 bits per heavy atom. The molecule has 2 N–H and O–H groups in total. The van der Waals surface area contributed by atoms with Crippen LogP contribution in [0.5, 0.6) is 0 Å². The van der Waals surface area contributed by atoms with E-state index in [0.29, 0.717) is 6.54 Å². The molecule has 1 amide bonds. The number of hydrogen-bond donors (Lipinski definition) is 2. The van der Waals surface area contributed by atoms with E-state index < -0.39 is 11.5 Å². The lowest BCUT2D eigenvalue weighted by Crippen LogP contribution is -2.55. The van der Waals surface area contributed by atoms with Gasteiger partial charge in [-0.05, 0) is 43.9 Å². The summed E-state index contributed by atoms with van der Waals surface area (Å²) in [5.74, 6) is 0.0635. The monoisotopic (exact) mass is 365 g/mol. The first-order valence-electron chi connectivity index (χ1n) is 9.75. The number of aliphatic hydroxyl groups is 1. The van der Waals surface area contributed by atoms with Crippen LogP contribution in [0, 0.1) is 6.92 Å². The summed E-state index contributed by atoms with van der Waals surface area (Å²) in [6.07, 6.45) is 3.76. The van der Waals surface area contributed by atoms with Gasteiger partial charge in [-0.1, -0.05) is 35.9 Å². The lowest BCUT2D eigenvalue weighted by Gasteiger charge is -2.36. The Balaban J connectivity index is 1.35. The second kappa shape index (κ2) is 7.41. The van der Waals surface area contributed by atoms with Crippen LogP contribution in [-0.4, -0.2) is 46.1 Å². The molecular formula is C22H27N3O2. The van der Waals surface area contributed by atoms with Crippen LogP contribution < -0.4 is 5.32 Å². The van der Waals surface area contributed by atoms with Gasteiger partial charge >= 0.3 is 0 Å². The number of pyridine rings is 1. The van der Waals surface area contributed by atoms with Crippen LogP contribution in [-0.2, 0) is 16.8 Å². The van der Waals surface area contributed by atoms with Crippen molar-refractivity contribution in [1.29, 1.82) is 0 Å². The molecule has 0 spiro atoms. The zero-order valence-corrected chi connectivity index (χ0v) is 15.8. The summed E-state index contributed by atoms with van der Waals surface area (Å²) in [6.45, 7) is 4.18. The number of hydrogen-bond acceptors (Lipinski definition) is 4. The summed E-state index contributed by atoms with van der Waals surface area (Å²) in [5.41, 5.74) is 2.90. The highest BCUT2D eigenvalue weighted by Crippen LogP contribution is 2.48. The second-order valence-electron chi connectivity index (χ2n) is 7.94. The average Bonchev–Trinajstić information content (AvgIpc) is 3.47. The minimum Gasteiger partial charge on any atom is -0.390 e. The number of carbonyl (C=O) groups is 1. The largest absolute Gasteiger partial charge is 0.390 e. The molecule has 4 rings (SSSR count). The molecule has 1 saturated heterocycles. The van der Waals surface area contributed by atoms with Crippen LogP contribution in [0.25, 0.3) is 0 Å². The van der Waals surface area contributed by atoms with Crippen LogP contribution in [0.3, 0.4) is 0 Å². The van der Waals surface area contributed by atoms with Crippen molar-refractivity contribution in [2.45, 2.75) is 50.3 Å². The number of amides is 1. The summed E-state index contributed by atoms with van der Waals surface area (Å²) >= 11 is 0. The molecule has 2 fully saturated rings. The van der Waals surface area contributed by atoms with Gasteiger partial charge in [-0.3, -0.25) is 14.7 Å². The molecule has 1 aromatic heterocycles. The van der Waals surface area contributed by atoms with Crippen molar-refractivity contribution in [1.82, 2.24) is 15.2 Å². The van der Waals surface area contributed by atoms with Crippen LogP contribution in [0.4, 0.5) is 0 Å².